The smallest absolute Gasteiger partial charge is 0.105 e. The van der Waals surface area contributed by atoms with Crippen LogP contribution in [-0.2, 0) is 6.42 Å². The van der Waals surface area contributed by atoms with Crippen molar-refractivity contribution in [2.45, 2.75) is 10.6 Å². The van der Waals surface area contributed by atoms with Gasteiger partial charge in [-0.1, -0.05) is 0 Å². The van der Waals surface area contributed by atoms with Crippen molar-refractivity contribution in [1.29, 1.82) is 5.26 Å². The lowest BCUT2D eigenvalue weighted by molar-refractivity contribution is 1.16. The molecular weight excluding hydrogens is 176 g/mol. The van der Waals surface area contributed by atoms with E-state index in [1.807, 2.05) is 0 Å². The second kappa shape index (κ2) is 2.43. The zero-order valence-electron chi connectivity index (χ0n) is 5.76. The molecule has 0 aromatic carbocycles. The van der Waals surface area contributed by atoms with Crippen LogP contribution in [0.5, 0.6) is 0 Å². The van der Waals surface area contributed by atoms with E-state index in [0.29, 0.717) is 5.00 Å². The SMILES string of the molecule is N#Cc1c(N)sc2c1CCS2. The lowest BCUT2D eigenvalue weighted by Crippen LogP contribution is -1.87. The maximum Gasteiger partial charge on any atom is 0.105 e. The minimum atomic E-state index is 0.685. The number of hydrogen-bond acceptors (Lipinski definition) is 4. The highest BCUT2D eigenvalue weighted by Crippen LogP contribution is 2.42. The van der Waals surface area contributed by atoms with E-state index in [4.69, 9.17) is 11.0 Å². The highest BCUT2D eigenvalue weighted by atomic mass is 32.2. The summed E-state index contributed by atoms with van der Waals surface area (Å²) >= 11 is 3.35. The van der Waals surface area contributed by atoms with E-state index in [2.05, 4.69) is 6.07 Å². The van der Waals surface area contributed by atoms with Gasteiger partial charge in [-0.3, -0.25) is 0 Å². The standard InChI is InChI=1S/C7H6N2S2/c8-3-5-4-1-2-10-7(4)11-6(5)9/h1-2,9H2. The quantitative estimate of drug-likeness (QED) is 0.666. The van der Waals surface area contributed by atoms with Crippen molar-refractivity contribution in [3.05, 3.63) is 11.1 Å². The van der Waals surface area contributed by atoms with Crippen molar-refractivity contribution in [2.24, 2.45) is 0 Å². The molecule has 0 atom stereocenters. The average molecular weight is 182 g/mol. The van der Waals surface area contributed by atoms with Crippen LogP contribution in [0, 0.1) is 11.3 Å². The number of thiophene rings is 1. The Kier molecular flexibility index (Phi) is 1.55. The minimum absolute atomic E-state index is 0.685. The van der Waals surface area contributed by atoms with Crippen LogP contribution < -0.4 is 5.73 Å². The zero-order valence-corrected chi connectivity index (χ0v) is 7.39. The van der Waals surface area contributed by atoms with Crippen LogP contribution >= 0.6 is 23.1 Å². The Hall–Kier alpha value is -0.660. The Labute approximate surface area is 73.0 Å². The topological polar surface area (TPSA) is 49.8 Å². The van der Waals surface area contributed by atoms with Crippen molar-refractivity contribution in [3.8, 4) is 6.07 Å². The van der Waals surface area contributed by atoms with Crippen LogP contribution in [0.4, 0.5) is 5.00 Å². The maximum absolute atomic E-state index is 8.74. The molecule has 1 aliphatic rings. The molecule has 0 saturated carbocycles. The largest absolute Gasteiger partial charge is 0.389 e. The molecule has 0 amide bonds. The van der Waals surface area contributed by atoms with Gasteiger partial charge < -0.3 is 5.73 Å². The molecular formula is C7H6N2S2. The minimum Gasteiger partial charge on any atom is -0.389 e. The summed E-state index contributed by atoms with van der Waals surface area (Å²) in [5.41, 5.74) is 7.54. The van der Waals surface area contributed by atoms with E-state index >= 15 is 0 Å². The molecule has 2 heterocycles. The molecule has 0 saturated heterocycles. The normalized spacial score (nSPS) is 14.5. The number of nitrogens with two attached hydrogens (primary N) is 1. The summed E-state index contributed by atoms with van der Waals surface area (Å²) in [7, 11) is 0. The van der Waals surface area contributed by atoms with Crippen LogP contribution in [0.1, 0.15) is 11.1 Å². The van der Waals surface area contributed by atoms with Gasteiger partial charge in [0.25, 0.3) is 0 Å². The van der Waals surface area contributed by atoms with E-state index in [1.165, 1.54) is 9.77 Å². The first-order chi connectivity index (χ1) is 5.33. The summed E-state index contributed by atoms with van der Waals surface area (Å²) < 4.78 is 1.25. The Morgan fingerprint density at radius 3 is 3.09 bits per heavy atom. The summed E-state index contributed by atoms with van der Waals surface area (Å²) in [4.78, 5) is 0. The molecule has 56 valence electrons. The molecule has 0 spiro atoms. The maximum atomic E-state index is 8.74. The Bertz CT molecular complexity index is 335. The van der Waals surface area contributed by atoms with Crippen molar-refractivity contribution in [3.63, 3.8) is 0 Å². The molecule has 0 fully saturated rings. The summed E-state index contributed by atoms with van der Waals surface area (Å²) in [5, 5.41) is 9.42. The number of nitrogen functional groups attached to an aromatic ring is 1. The van der Waals surface area contributed by atoms with Gasteiger partial charge >= 0.3 is 0 Å². The number of anilines is 1. The van der Waals surface area contributed by atoms with E-state index in [0.717, 1.165) is 17.7 Å². The first kappa shape index (κ1) is 7.01. The van der Waals surface area contributed by atoms with Gasteiger partial charge in [0.05, 0.1) is 9.77 Å². The first-order valence-electron chi connectivity index (χ1n) is 3.27. The number of fused-ring (bicyclic) bond motifs is 1. The summed E-state index contributed by atoms with van der Waals surface area (Å²) in [6.07, 6.45) is 1.01. The molecule has 0 unspecified atom stereocenters. The fourth-order valence-corrected chi connectivity index (χ4v) is 3.60. The second-order valence-corrected chi connectivity index (χ2v) is 4.73. The van der Waals surface area contributed by atoms with Gasteiger partial charge in [-0.15, -0.1) is 23.1 Å². The molecule has 2 N–H and O–H groups in total. The van der Waals surface area contributed by atoms with Crippen molar-refractivity contribution < 1.29 is 0 Å². The van der Waals surface area contributed by atoms with Crippen molar-refractivity contribution in [1.82, 2.24) is 0 Å². The number of nitrogens with zero attached hydrogens (tertiary/aromatic N) is 1. The van der Waals surface area contributed by atoms with Gasteiger partial charge in [0.2, 0.25) is 0 Å². The first-order valence-corrected chi connectivity index (χ1v) is 5.07. The van der Waals surface area contributed by atoms with Crippen molar-refractivity contribution >= 4 is 28.1 Å². The molecule has 0 radical (unpaired) electrons. The highest BCUT2D eigenvalue weighted by molar-refractivity contribution is 8.01. The predicted octanol–water partition coefficient (Wildman–Crippen LogP) is 1.85. The van der Waals surface area contributed by atoms with E-state index in [-0.39, 0.29) is 0 Å². The van der Waals surface area contributed by atoms with Crippen LogP contribution in [0.25, 0.3) is 0 Å². The molecule has 1 aromatic heterocycles. The highest BCUT2D eigenvalue weighted by Gasteiger charge is 2.20. The van der Waals surface area contributed by atoms with Crippen LogP contribution in [0.3, 0.4) is 0 Å². The molecule has 2 nitrogen and oxygen atoms in total. The van der Waals surface area contributed by atoms with E-state index in [1.54, 1.807) is 23.1 Å². The number of nitriles is 1. The van der Waals surface area contributed by atoms with Gasteiger partial charge in [-0.05, 0) is 12.0 Å². The Morgan fingerprint density at radius 1 is 1.55 bits per heavy atom. The molecule has 4 heteroatoms. The number of rotatable bonds is 0. The predicted molar refractivity (Wildman–Crippen MR) is 47.9 cm³/mol. The van der Waals surface area contributed by atoms with Crippen molar-refractivity contribution in [2.75, 3.05) is 11.5 Å². The van der Waals surface area contributed by atoms with Gasteiger partial charge in [0.15, 0.2) is 0 Å². The summed E-state index contributed by atoms with van der Waals surface area (Å²) in [6, 6.07) is 2.15. The fraction of sp³-hybridized carbons (Fsp3) is 0.286. The molecule has 0 aliphatic carbocycles. The average Bonchev–Trinajstić information content (AvgIpc) is 2.46. The number of thioether (sulfide) groups is 1. The third kappa shape index (κ3) is 0.924. The number of hydrogen-bond donors (Lipinski definition) is 1. The van der Waals surface area contributed by atoms with Gasteiger partial charge in [0.1, 0.15) is 11.1 Å². The lowest BCUT2D eigenvalue weighted by Gasteiger charge is -1.88. The molecule has 1 aliphatic heterocycles. The van der Waals surface area contributed by atoms with Gasteiger partial charge in [0, 0.05) is 5.75 Å². The Morgan fingerprint density at radius 2 is 2.36 bits per heavy atom. The monoisotopic (exact) mass is 182 g/mol. The molecule has 2 rings (SSSR count). The Balaban J connectivity index is 2.63. The second-order valence-electron chi connectivity index (χ2n) is 2.32. The molecule has 1 aromatic rings. The van der Waals surface area contributed by atoms with Gasteiger partial charge in [-0.2, -0.15) is 5.26 Å². The molecule has 0 bridgehead atoms. The summed E-state index contributed by atoms with van der Waals surface area (Å²) in [6.45, 7) is 0. The van der Waals surface area contributed by atoms with Crippen LogP contribution in [-0.4, -0.2) is 5.75 Å². The third-order valence-electron chi connectivity index (χ3n) is 1.69. The van der Waals surface area contributed by atoms with E-state index in [9.17, 15) is 0 Å². The zero-order chi connectivity index (χ0) is 7.84. The van der Waals surface area contributed by atoms with Gasteiger partial charge in [-0.25, -0.2) is 0 Å². The van der Waals surface area contributed by atoms with Crippen LogP contribution in [0.15, 0.2) is 4.21 Å². The fourth-order valence-electron chi connectivity index (χ4n) is 1.18. The van der Waals surface area contributed by atoms with Crippen LogP contribution in [0.2, 0.25) is 0 Å². The lowest BCUT2D eigenvalue weighted by atomic mass is 10.1. The van der Waals surface area contributed by atoms with E-state index < -0.39 is 0 Å². The summed E-state index contributed by atoms with van der Waals surface area (Å²) in [5.74, 6) is 1.11. The molecule has 11 heavy (non-hydrogen) atoms. The third-order valence-corrected chi connectivity index (χ3v) is 4.07.